The van der Waals surface area contributed by atoms with Crippen molar-refractivity contribution in [2.45, 2.75) is 22.6 Å². The van der Waals surface area contributed by atoms with E-state index in [0.29, 0.717) is 12.3 Å². The van der Waals surface area contributed by atoms with Crippen molar-refractivity contribution in [3.05, 3.63) is 29.8 Å². The maximum atomic E-state index is 13.6. The zero-order valence-corrected chi connectivity index (χ0v) is 11.0. The fourth-order valence-electron chi connectivity index (χ4n) is 2.51. The molecule has 2 bridgehead atoms. The summed E-state index contributed by atoms with van der Waals surface area (Å²) in [6, 6.07) is 2.98. The molecule has 0 aliphatic carbocycles. The molecule has 3 rings (SSSR count). The first-order valence-corrected chi connectivity index (χ1v) is 8.06. The summed E-state index contributed by atoms with van der Waals surface area (Å²) in [6.07, 6.45) is 0.778. The van der Waals surface area contributed by atoms with Crippen LogP contribution >= 0.6 is 11.8 Å². The first-order chi connectivity index (χ1) is 8.50. The summed E-state index contributed by atoms with van der Waals surface area (Å²) in [6.45, 7) is 0.353. The molecule has 0 saturated carbocycles. The second-order valence-corrected chi connectivity index (χ2v) is 7.63. The molecule has 3 nitrogen and oxygen atoms in total. The van der Waals surface area contributed by atoms with Crippen LogP contribution in [0.3, 0.4) is 0 Å². The van der Waals surface area contributed by atoms with Crippen LogP contribution in [0.4, 0.5) is 8.78 Å². The maximum Gasteiger partial charge on any atom is 0.249 e. The van der Waals surface area contributed by atoms with Crippen LogP contribution in [0, 0.1) is 11.6 Å². The van der Waals surface area contributed by atoms with Gasteiger partial charge in [-0.2, -0.15) is 16.1 Å². The molecule has 2 atom stereocenters. The highest BCUT2D eigenvalue weighted by atomic mass is 32.2. The van der Waals surface area contributed by atoms with Gasteiger partial charge in [-0.25, -0.2) is 17.2 Å². The lowest BCUT2D eigenvalue weighted by Crippen LogP contribution is -2.39. The van der Waals surface area contributed by atoms with Crippen LogP contribution in [-0.4, -0.2) is 36.3 Å². The SMILES string of the molecule is O=S(=O)(c1c(F)cccc1F)N1CC2CC1CS2. The monoisotopic (exact) mass is 291 g/mol. The molecule has 0 radical (unpaired) electrons. The molecule has 0 amide bonds. The van der Waals surface area contributed by atoms with Crippen LogP contribution < -0.4 is 0 Å². The Kier molecular flexibility index (Phi) is 2.87. The van der Waals surface area contributed by atoms with Crippen LogP contribution in [0.5, 0.6) is 0 Å². The Bertz CT molecular complexity index is 570. The highest BCUT2D eigenvalue weighted by Gasteiger charge is 2.46. The van der Waals surface area contributed by atoms with Gasteiger partial charge in [0.1, 0.15) is 11.6 Å². The molecule has 2 saturated heterocycles. The summed E-state index contributed by atoms with van der Waals surface area (Å²) in [5.74, 6) is -1.34. The third kappa shape index (κ3) is 1.76. The van der Waals surface area contributed by atoms with Crippen molar-refractivity contribution in [2.24, 2.45) is 0 Å². The summed E-state index contributed by atoms with van der Waals surface area (Å²) in [4.78, 5) is -0.817. The summed E-state index contributed by atoms with van der Waals surface area (Å²) in [5.41, 5.74) is 0. The highest BCUT2D eigenvalue weighted by molar-refractivity contribution is 8.00. The molecular formula is C11H11F2NO2S2. The van der Waals surface area contributed by atoms with Gasteiger partial charge in [-0.1, -0.05) is 6.07 Å². The van der Waals surface area contributed by atoms with Crippen molar-refractivity contribution in [2.75, 3.05) is 12.3 Å². The Hall–Kier alpha value is -0.660. The summed E-state index contributed by atoms with van der Waals surface area (Å²) in [7, 11) is -4.06. The van der Waals surface area contributed by atoms with Crippen molar-refractivity contribution in [1.82, 2.24) is 4.31 Å². The first-order valence-electron chi connectivity index (χ1n) is 5.57. The van der Waals surface area contributed by atoms with Gasteiger partial charge in [0.05, 0.1) is 0 Å². The van der Waals surface area contributed by atoms with E-state index in [1.807, 2.05) is 0 Å². The number of hydrogen-bond donors (Lipinski definition) is 0. The topological polar surface area (TPSA) is 37.4 Å². The first kappa shape index (κ1) is 12.4. The molecule has 7 heteroatoms. The Morgan fingerprint density at radius 2 is 1.94 bits per heavy atom. The van der Waals surface area contributed by atoms with E-state index in [2.05, 4.69) is 0 Å². The van der Waals surface area contributed by atoms with E-state index in [-0.39, 0.29) is 11.3 Å². The van der Waals surface area contributed by atoms with Gasteiger partial charge in [0.25, 0.3) is 0 Å². The Balaban J connectivity index is 2.05. The van der Waals surface area contributed by atoms with Gasteiger partial charge in [-0.3, -0.25) is 0 Å². The van der Waals surface area contributed by atoms with Gasteiger partial charge in [0, 0.05) is 23.6 Å². The maximum absolute atomic E-state index is 13.6. The third-order valence-electron chi connectivity index (χ3n) is 3.34. The number of fused-ring (bicyclic) bond motifs is 2. The third-order valence-corrected chi connectivity index (χ3v) is 6.70. The van der Waals surface area contributed by atoms with Crippen molar-refractivity contribution in [1.29, 1.82) is 0 Å². The van der Waals surface area contributed by atoms with E-state index in [9.17, 15) is 17.2 Å². The molecule has 2 aliphatic heterocycles. The van der Waals surface area contributed by atoms with E-state index >= 15 is 0 Å². The molecule has 0 N–H and O–H groups in total. The van der Waals surface area contributed by atoms with E-state index in [1.165, 1.54) is 4.31 Å². The van der Waals surface area contributed by atoms with Crippen molar-refractivity contribution >= 4 is 21.8 Å². The van der Waals surface area contributed by atoms with Gasteiger partial charge in [0.2, 0.25) is 10.0 Å². The minimum Gasteiger partial charge on any atom is -0.207 e. The fraction of sp³-hybridized carbons (Fsp3) is 0.455. The second kappa shape index (κ2) is 4.18. The fourth-order valence-corrected chi connectivity index (χ4v) is 5.92. The number of thioether (sulfide) groups is 1. The van der Waals surface area contributed by atoms with Crippen LogP contribution in [-0.2, 0) is 10.0 Å². The lowest BCUT2D eigenvalue weighted by atomic mass is 10.3. The normalized spacial score (nSPS) is 27.9. The average Bonchev–Trinajstić information content (AvgIpc) is 2.90. The zero-order chi connectivity index (χ0) is 12.9. The molecule has 18 heavy (non-hydrogen) atoms. The van der Waals surface area contributed by atoms with E-state index in [1.54, 1.807) is 11.8 Å². The number of halogens is 2. The second-order valence-electron chi connectivity index (χ2n) is 4.47. The smallest absolute Gasteiger partial charge is 0.207 e. The quantitative estimate of drug-likeness (QED) is 0.834. The van der Waals surface area contributed by atoms with Crippen molar-refractivity contribution in [3.63, 3.8) is 0 Å². The molecule has 2 aliphatic rings. The van der Waals surface area contributed by atoms with E-state index < -0.39 is 26.6 Å². The highest BCUT2D eigenvalue weighted by Crippen LogP contribution is 2.40. The van der Waals surface area contributed by atoms with Crippen LogP contribution in [0.25, 0.3) is 0 Å². The average molecular weight is 291 g/mol. The van der Waals surface area contributed by atoms with Crippen LogP contribution in [0.2, 0.25) is 0 Å². The van der Waals surface area contributed by atoms with Crippen LogP contribution in [0.15, 0.2) is 23.1 Å². The van der Waals surface area contributed by atoms with Gasteiger partial charge >= 0.3 is 0 Å². The van der Waals surface area contributed by atoms with Crippen LogP contribution in [0.1, 0.15) is 6.42 Å². The molecule has 2 heterocycles. The summed E-state index contributed by atoms with van der Waals surface area (Å²) in [5, 5.41) is 0.264. The number of nitrogens with zero attached hydrogens (tertiary/aromatic N) is 1. The predicted octanol–water partition coefficient (Wildman–Crippen LogP) is 1.84. The molecule has 98 valence electrons. The molecule has 2 fully saturated rings. The van der Waals surface area contributed by atoms with Gasteiger partial charge in [-0.15, -0.1) is 0 Å². The number of sulfonamides is 1. The Morgan fingerprint density at radius 1 is 1.28 bits per heavy atom. The van der Waals surface area contributed by atoms with Crippen molar-refractivity contribution < 1.29 is 17.2 Å². The largest absolute Gasteiger partial charge is 0.249 e. The van der Waals surface area contributed by atoms with Gasteiger partial charge < -0.3 is 0 Å². The van der Waals surface area contributed by atoms with E-state index in [0.717, 1.165) is 24.6 Å². The lowest BCUT2D eigenvalue weighted by Gasteiger charge is -2.26. The van der Waals surface area contributed by atoms with Crippen molar-refractivity contribution in [3.8, 4) is 0 Å². The molecule has 0 aromatic heterocycles. The molecule has 1 aromatic carbocycles. The number of rotatable bonds is 2. The molecular weight excluding hydrogens is 280 g/mol. The zero-order valence-electron chi connectivity index (χ0n) is 9.34. The summed E-state index contributed by atoms with van der Waals surface area (Å²) < 4.78 is 53.0. The Morgan fingerprint density at radius 3 is 2.44 bits per heavy atom. The predicted molar refractivity (Wildman–Crippen MR) is 64.9 cm³/mol. The summed E-state index contributed by atoms with van der Waals surface area (Å²) >= 11 is 1.72. The minimum absolute atomic E-state index is 0.121. The van der Waals surface area contributed by atoms with Gasteiger partial charge in [-0.05, 0) is 18.6 Å². The molecule has 1 aromatic rings. The minimum atomic E-state index is -4.06. The lowest BCUT2D eigenvalue weighted by molar-refractivity contribution is 0.400. The Labute approximate surface area is 108 Å². The van der Waals surface area contributed by atoms with Gasteiger partial charge in [0.15, 0.2) is 4.90 Å². The molecule has 2 unspecified atom stereocenters. The number of benzene rings is 1. The molecule has 0 spiro atoms. The van der Waals surface area contributed by atoms with E-state index in [4.69, 9.17) is 0 Å². The number of hydrogen-bond acceptors (Lipinski definition) is 3. The standard InChI is InChI=1S/C11H11F2NO2S2/c12-9-2-1-3-10(13)11(9)18(15,16)14-5-8-4-7(14)6-17-8/h1-3,7-8H,4-6H2.